The molecule has 4 nitrogen and oxygen atoms in total. The van der Waals surface area contributed by atoms with Gasteiger partial charge in [0.2, 0.25) is 0 Å². The largest absolute Gasteiger partial charge is 0.411 e. The Bertz CT molecular complexity index is 650. The Morgan fingerprint density at radius 2 is 2.00 bits per heavy atom. The molecule has 106 valence electrons. The zero-order valence-electron chi connectivity index (χ0n) is 11.8. The first kappa shape index (κ1) is 14.7. The van der Waals surface area contributed by atoms with E-state index in [-0.39, 0.29) is 5.60 Å². The third kappa shape index (κ3) is 3.24. The Kier molecular flexibility index (Phi) is 4.22. The summed E-state index contributed by atoms with van der Waals surface area (Å²) in [7, 11) is 0. The number of rotatable bonds is 4. The minimum absolute atomic E-state index is 0.173. The monoisotopic (exact) mass is 292 g/mol. The highest BCUT2D eigenvalue weighted by molar-refractivity contribution is 6.36. The number of benzene rings is 1. The van der Waals surface area contributed by atoms with Crippen molar-refractivity contribution in [2.24, 2.45) is 0 Å². The van der Waals surface area contributed by atoms with Gasteiger partial charge in [0.25, 0.3) is 0 Å². The lowest BCUT2D eigenvalue weighted by Gasteiger charge is -2.19. The van der Waals surface area contributed by atoms with Gasteiger partial charge in [-0.1, -0.05) is 11.6 Å². The Morgan fingerprint density at radius 3 is 2.65 bits per heavy atom. The van der Waals surface area contributed by atoms with Crippen molar-refractivity contribution in [1.29, 1.82) is 5.26 Å². The molecule has 20 heavy (non-hydrogen) atoms. The minimum atomic E-state index is -0.173. The van der Waals surface area contributed by atoms with Gasteiger partial charge in [-0.05, 0) is 39.0 Å². The first-order chi connectivity index (χ1) is 9.42. The lowest BCUT2D eigenvalue weighted by atomic mass is 10.2. The van der Waals surface area contributed by atoms with Crippen molar-refractivity contribution >= 4 is 22.5 Å². The first-order valence-corrected chi connectivity index (χ1v) is 6.77. The van der Waals surface area contributed by atoms with E-state index in [4.69, 9.17) is 26.4 Å². The average Bonchev–Trinajstić information content (AvgIpc) is 2.78. The van der Waals surface area contributed by atoms with E-state index in [9.17, 15) is 0 Å². The summed E-state index contributed by atoms with van der Waals surface area (Å²) in [5.74, 6) is 0. The average molecular weight is 293 g/mol. The van der Waals surface area contributed by atoms with Gasteiger partial charge in [0, 0.05) is 11.6 Å². The van der Waals surface area contributed by atoms with Crippen LogP contribution in [0.5, 0.6) is 0 Å². The van der Waals surface area contributed by atoms with E-state index in [2.05, 4.69) is 6.07 Å². The van der Waals surface area contributed by atoms with Gasteiger partial charge in [0.15, 0.2) is 0 Å². The molecular weight excluding hydrogens is 276 g/mol. The molecule has 0 fully saturated rings. The van der Waals surface area contributed by atoms with Crippen LogP contribution >= 0.6 is 11.6 Å². The third-order valence-electron chi connectivity index (χ3n) is 2.74. The number of halogens is 1. The van der Waals surface area contributed by atoms with E-state index in [1.54, 1.807) is 17.0 Å². The van der Waals surface area contributed by atoms with Crippen molar-refractivity contribution in [2.45, 2.75) is 26.4 Å². The van der Waals surface area contributed by atoms with E-state index >= 15 is 0 Å². The number of nitriles is 1. The molecule has 0 aliphatic rings. The van der Waals surface area contributed by atoms with Crippen LogP contribution in [0.1, 0.15) is 26.3 Å². The standard InChI is InChI=1S/C15H17ClN2O2/c1-15(2,3)19-8-9-20-18-7-6-12-13(18)5-4-11(10-17)14(12)16/h4-7H,8-9H2,1-3H3. The van der Waals surface area contributed by atoms with Gasteiger partial charge < -0.3 is 9.57 Å². The number of hydrogen-bond acceptors (Lipinski definition) is 3. The first-order valence-electron chi connectivity index (χ1n) is 6.39. The van der Waals surface area contributed by atoms with Gasteiger partial charge >= 0.3 is 0 Å². The predicted molar refractivity (Wildman–Crippen MR) is 78.8 cm³/mol. The number of hydrogen-bond donors (Lipinski definition) is 0. The second kappa shape index (κ2) is 5.74. The molecule has 2 rings (SSSR count). The molecule has 0 atom stereocenters. The highest BCUT2D eigenvalue weighted by atomic mass is 35.5. The summed E-state index contributed by atoms with van der Waals surface area (Å²) in [6.45, 7) is 6.95. The maximum absolute atomic E-state index is 8.95. The summed E-state index contributed by atoms with van der Waals surface area (Å²) in [4.78, 5) is 5.63. The molecule has 0 N–H and O–H groups in total. The fourth-order valence-corrected chi connectivity index (χ4v) is 2.10. The quantitative estimate of drug-likeness (QED) is 0.811. The summed E-state index contributed by atoms with van der Waals surface area (Å²) in [6, 6.07) is 7.41. The fraction of sp³-hybridized carbons (Fsp3) is 0.400. The number of ether oxygens (including phenoxy) is 1. The van der Waals surface area contributed by atoms with Crippen LogP contribution in [0.3, 0.4) is 0 Å². The normalized spacial score (nSPS) is 11.6. The van der Waals surface area contributed by atoms with Crippen LogP contribution in [0.2, 0.25) is 5.02 Å². The molecule has 1 heterocycles. The topological polar surface area (TPSA) is 47.2 Å². The zero-order chi connectivity index (χ0) is 14.8. The lowest BCUT2D eigenvalue weighted by Crippen LogP contribution is -2.24. The van der Waals surface area contributed by atoms with Crippen LogP contribution in [0.4, 0.5) is 0 Å². The number of nitrogens with zero attached hydrogens (tertiary/aromatic N) is 2. The van der Waals surface area contributed by atoms with Crippen molar-refractivity contribution in [3.05, 3.63) is 35.0 Å². The van der Waals surface area contributed by atoms with Crippen molar-refractivity contribution in [1.82, 2.24) is 4.73 Å². The van der Waals surface area contributed by atoms with Crippen LogP contribution in [-0.4, -0.2) is 23.5 Å². The molecule has 0 bridgehead atoms. The van der Waals surface area contributed by atoms with E-state index in [0.29, 0.717) is 23.8 Å². The molecule has 0 saturated carbocycles. The summed E-state index contributed by atoms with van der Waals surface area (Å²) < 4.78 is 7.24. The molecule has 2 aromatic rings. The Hall–Kier alpha value is -1.70. The highest BCUT2D eigenvalue weighted by Crippen LogP contribution is 2.27. The molecule has 0 amide bonds. The van der Waals surface area contributed by atoms with E-state index in [1.807, 2.05) is 32.9 Å². The van der Waals surface area contributed by atoms with Gasteiger partial charge in [-0.15, -0.1) is 0 Å². The van der Waals surface area contributed by atoms with E-state index in [0.717, 1.165) is 10.9 Å². The minimum Gasteiger partial charge on any atom is -0.411 e. The van der Waals surface area contributed by atoms with Gasteiger partial charge in [-0.25, -0.2) is 0 Å². The Labute approximate surface area is 123 Å². The third-order valence-corrected chi connectivity index (χ3v) is 3.15. The zero-order valence-corrected chi connectivity index (χ0v) is 12.6. The van der Waals surface area contributed by atoms with Gasteiger partial charge in [-0.3, -0.25) is 0 Å². The van der Waals surface area contributed by atoms with Crippen molar-refractivity contribution in [2.75, 3.05) is 13.2 Å². The van der Waals surface area contributed by atoms with Gasteiger partial charge in [0.1, 0.15) is 12.7 Å². The lowest BCUT2D eigenvalue weighted by molar-refractivity contribution is -0.0357. The van der Waals surface area contributed by atoms with Gasteiger partial charge in [-0.2, -0.15) is 9.99 Å². The summed E-state index contributed by atoms with van der Waals surface area (Å²) in [6.07, 6.45) is 1.79. The molecular formula is C15H17ClN2O2. The van der Waals surface area contributed by atoms with E-state index < -0.39 is 0 Å². The molecule has 0 radical (unpaired) electrons. The highest BCUT2D eigenvalue weighted by Gasteiger charge is 2.11. The maximum Gasteiger partial charge on any atom is 0.138 e. The summed E-state index contributed by atoms with van der Waals surface area (Å²) in [5, 5.41) is 10.2. The second-order valence-corrected chi connectivity index (χ2v) is 5.79. The number of fused-ring (bicyclic) bond motifs is 1. The Balaban J connectivity index is 2.09. The second-order valence-electron chi connectivity index (χ2n) is 5.41. The predicted octanol–water partition coefficient (Wildman–Crippen LogP) is 3.41. The van der Waals surface area contributed by atoms with Crippen LogP contribution < -0.4 is 4.84 Å². The molecule has 0 unspecified atom stereocenters. The molecule has 0 aliphatic heterocycles. The van der Waals surface area contributed by atoms with E-state index in [1.165, 1.54) is 0 Å². The molecule has 0 aliphatic carbocycles. The van der Waals surface area contributed by atoms with Gasteiger partial charge in [0.05, 0.1) is 28.3 Å². The summed E-state index contributed by atoms with van der Waals surface area (Å²) >= 11 is 6.16. The molecule has 5 heteroatoms. The van der Waals surface area contributed by atoms with Crippen LogP contribution in [-0.2, 0) is 4.74 Å². The van der Waals surface area contributed by atoms with Crippen LogP contribution in [0.15, 0.2) is 24.4 Å². The molecule has 0 saturated heterocycles. The molecule has 0 spiro atoms. The fourth-order valence-electron chi connectivity index (χ4n) is 1.84. The molecule has 1 aromatic heterocycles. The number of aromatic nitrogens is 1. The van der Waals surface area contributed by atoms with Crippen molar-refractivity contribution < 1.29 is 9.57 Å². The maximum atomic E-state index is 8.95. The molecule has 1 aromatic carbocycles. The Morgan fingerprint density at radius 1 is 1.25 bits per heavy atom. The van der Waals surface area contributed by atoms with Crippen molar-refractivity contribution in [3.63, 3.8) is 0 Å². The van der Waals surface area contributed by atoms with Crippen molar-refractivity contribution in [3.8, 4) is 6.07 Å². The SMILES string of the molecule is CC(C)(C)OCCOn1ccc2c(Cl)c(C#N)ccc21. The summed E-state index contributed by atoms with van der Waals surface area (Å²) in [5.41, 5.74) is 1.13. The smallest absolute Gasteiger partial charge is 0.138 e. The van der Waals surface area contributed by atoms with Crippen LogP contribution in [0.25, 0.3) is 10.9 Å². The van der Waals surface area contributed by atoms with Crippen LogP contribution in [0, 0.1) is 11.3 Å².